The smallest absolute Gasteiger partial charge is 0.104 e. The lowest BCUT2D eigenvalue weighted by Crippen LogP contribution is -2.47. The summed E-state index contributed by atoms with van der Waals surface area (Å²) in [5, 5.41) is 0. The third kappa shape index (κ3) is 2.80. The van der Waals surface area contributed by atoms with Crippen molar-refractivity contribution in [3.63, 3.8) is 0 Å². The van der Waals surface area contributed by atoms with Gasteiger partial charge in [-0.1, -0.05) is 6.92 Å². The molecular formula is C16H27N2. The van der Waals surface area contributed by atoms with Gasteiger partial charge in [-0.25, -0.2) is 0 Å². The summed E-state index contributed by atoms with van der Waals surface area (Å²) in [6.45, 7) is 7.82. The molecule has 1 fully saturated rings. The molecule has 1 atom stereocenters. The van der Waals surface area contributed by atoms with Crippen LogP contribution in [-0.4, -0.2) is 36.6 Å². The van der Waals surface area contributed by atoms with E-state index in [9.17, 15) is 0 Å². The summed E-state index contributed by atoms with van der Waals surface area (Å²) in [5.74, 6) is 0.945. The zero-order chi connectivity index (χ0) is 13.3. The first-order chi connectivity index (χ1) is 8.54. The molecule has 0 N–H and O–H groups in total. The average Bonchev–Trinajstić information content (AvgIpc) is 3.08. The van der Waals surface area contributed by atoms with Crippen molar-refractivity contribution in [3.05, 3.63) is 22.9 Å². The van der Waals surface area contributed by atoms with Gasteiger partial charge in [0.05, 0.1) is 0 Å². The van der Waals surface area contributed by atoms with Crippen molar-refractivity contribution in [2.24, 2.45) is 5.92 Å². The third-order valence-corrected chi connectivity index (χ3v) is 4.05. The van der Waals surface area contributed by atoms with E-state index in [1.54, 1.807) is 5.57 Å². The predicted molar refractivity (Wildman–Crippen MR) is 76.9 cm³/mol. The molecule has 18 heavy (non-hydrogen) atoms. The summed E-state index contributed by atoms with van der Waals surface area (Å²) in [7, 11) is 4.40. The molecule has 0 aromatic rings. The van der Waals surface area contributed by atoms with E-state index in [2.05, 4.69) is 50.7 Å². The molecule has 1 aliphatic heterocycles. The van der Waals surface area contributed by atoms with Gasteiger partial charge >= 0.3 is 0 Å². The maximum atomic E-state index is 3.58. The van der Waals surface area contributed by atoms with Crippen LogP contribution in [0.5, 0.6) is 0 Å². The second kappa shape index (κ2) is 5.48. The van der Waals surface area contributed by atoms with E-state index >= 15 is 0 Å². The molecule has 2 aliphatic rings. The fraction of sp³-hybridized carbons (Fsp3) is 0.750. The van der Waals surface area contributed by atoms with Gasteiger partial charge in [-0.05, 0) is 70.7 Å². The summed E-state index contributed by atoms with van der Waals surface area (Å²) in [6, 6.07) is 0. The minimum atomic E-state index is 0.451. The third-order valence-electron chi connectivity index (χ3n) is 4.05. The minimum absolute atomic E-state index is 0.451. The van der Waals surface area contributed by atoms with E-state index in [0.29, 0.717) is 6.17 Å². The maximum Gasteiger partial charge on any atom is 0.104 e. The molecular weight excluding hydrogens is 220 g/mol. The maximum absolute atomic E-state index is 3.58. The van der Waals surface area contributed by atoms with Crippen molar-refractivity contribution < 1.29 is 0 Å². The second-order valence-electron chi connectivity index (χ2n) is 6.04. The Hall–Kier alpha value is -0.760. The molecule has 1 radical (unpaired) electrons. The Morgan fingerprint density at radius 2 is 1.94 bits per heavy atom. The Morgan fingerprint density at radius 1 is 1.28 bits per heavy atom. The highest BCUT2D eigenvalue weighted by atomic mass is 15.3. The van der Waals surface area contributed by atoms with E-state index < -0.39 is 0 Å². The van der Waals surface area contributed by atoms with Gasteiger partial charge in [-0.3, -0.25) is 4.90 Å². The zero-order valence-corrected chi connectivity index (χ0v) is 12.6. The van der Waals surface area contributed by atoms with Gasteiger partial charge in [-0.2, -0.15) is 0 Å². The van der Waals surface area contributed by atoms with E-state index in [4.69, 9.17) is 0 Å². The molecule has 2 heteroatoms. The second-order valence-corrected chi connectivity index (χ2v) is 6.04. The Balaban J connectivity index is 2.27. The molecule has 101 valence electrons. The average molecular weight is 247 g/mol. The first-order valence-electron chi connectivity index (χ1n) is 7.27. The lowest BCUT2D eigenvalue weighted by molar-refractivity contribution is 0.132. The number of nitrogens with zero attached hydrogens (tertiary/aromatic N) is 2. The number of allylic oxidation sites excluding steroid dienone is 3. The fourth-order valence-electron chi connectivity index (χ4n) is 3.00. The van der Waals surface area contributed by atoms with Crippen molar-refractivity contribution in [2.75, 3.05) is 20.6 Å². The highest BCUT2D eigenvalue weighted by Crippen LogP contribution is 2.40. The Bertz CT molecular complexity index is 361. The van der Waals surface area contributed by atoms with Crippen LogP contribution in [0.1, 0.15) is 46.5 Å². The summed E-state index contributed by atoms with van der Waals surface area (Å²) in [6.07, 6.45) is 9.34. The normalized spacial score (nSPS) is 24.9. The van der Waals surface area contributed by atoms with Gasteiger partial charge in [0.25, 0.3) is 0 Å². The standard InChI is InChI=1S/C16H27N2/c1-6-9-18-13(3)10-12(2)15(11-14-7-8-14)16(18)17(4)5/h14,16H,6-9,11H2,1-5H3. The van der Waals surface area contributed by atoms with Crippen LogP contribution in [0.25, 0.3) is 0 Å². The quantitative estimate of drug-likeness (QED) is 0.734. The molecule has 1 aliphatic carbocycles. The molecule has 2 nitrogen and oxygen atoms in total. The largest absolute Gasteiger partial charge is 0.355 e. The van der Waals surface area contributed by atoms with Gasteiger partial charge in [0, 0.05) is 18.3 Å². The van der Waals surface area contributed by atoms with Crippen molar-refractivity contribution in [1.29, 1.82) is 0 Å². The topological polar surface area (TPSA) is 6.48 Å². The van der Waals surface area contributed by atoms with Crippen LogP contribution < -0.4 is 0 Å². The van der Waals surface area contributed by atoms with Crippen LogP contribution in [0.4, 0.5) is 0 Å². The molecule has 0 aromatic carbocycles. The zero-order valence-electron chi connectivity index (χ0n) is 12.6. The molecule has 1 unspecified atom stereocenters. The summed E-state index contributed by atoms with van der Waals surface area (Å²) in [5.41, 5.74) is 4.28. The van der Waals surface area contributed by atoms with Crippen molar-refractivity contribution in [2.45, 2.75) is 52.6 Å². The fourth-order valence-corrected chi connectivity index (χ4v) is 3.00. The number of hydrogen-bond donors (Lipinski definition) is 0. The molecule has 2 rings (SSSR count). The van der Waals surface area contributed by atoms with Gasteiger partial charge in [0.15, 0.2) is 0 Å². The number of likely N-dealkylation sites (N-methyl/N-ethyl adjacent to an activating group) is 1. The lowest BCUT2D eigenvalue weighted by atomic mass is 9.94. The van der Waals surface area contributed by atoms with Crippen LogP contribution in [0.3, 0.4) is 0 Å². The number of hydrogen-bond acceptors (Lipinski definition) is 2. The van der Waals surface area contributed by atoms with E-state index in [-0.39, 0.29) is 0 Å². The van der Waals surface area contributed by atoms with Crippen LogP contribution >= 0.6 is 0 Å². The van der Waals surface area contributed by atoms with Crippen molar-refractivity contribution in [3.8, 4) is 0 Å². The summed E-state index contributed by atoms with van der Waals surface area (Å²) < 4.78 is 0. The highest BCUT2D eigenvalue weighted by molar-refractivity contribution is 5.31. The van der Waals surface area contributed by atoms with Crippen molar-refractivity contribution >= 4 is 0 Å². The molecule has 1 saturated carbocycles. The van der Waals surface area contributed by atoms with E-state index in [0.717, 1.165) is 12.5 Å². The molecule has 0 aromatic heterocycles. The van der Waals surface area contributed by atoms with Gasteiger partial charge in [0.1, 0.15) is 6.17 Å². The SMILES string of the molecule is CCCN1C(C)=[C]C(C)=C(CC2CC2)C1N(C)C. The van der Waals surface area contributed by atoms with Crippen LogP contribution in [0.2, 0.25) is 0 Å². The molecule has 0 amide bonds. The first-order valence-corrected chi connectivity index (χ1v) is 7.27. The summed E-state index contributed by atoms with van der Waals surface area (Å²) >= 11 is 0. The molecule has 0 bridgehead atoms. The lowest BCUT2D eigenvalue weighted by Gasteiger charge is -2.43. The monoisotopic (exact) mass is 247 g/mol. The Morgan fingerprint density at radius 3 is 2.44 bits per heavy atom. The Labute approximate surface area is 112 Å². The van der Waals surface area contributed by atoms with Crippen molar-refractivity contribution in [1.82, 2.24) is 9.80 Å². The summed E-state index contributed by atoms with van der Waals surface area (Å²) in [4.78, 5) is 4.88. The van der Waals surface area contributed by atoms with Gasteiger partial charge in [-0.15, -0.1) is 0 Å². The molecule has 0 saturated heterocycles. The predicted octanol–water partition coefficient (Wildman–Crippen LogP) is 3.42. The minimum Gasteiger partial charge on any atom is -0.355 e. The van der Waals surface area contributed by atoms with E-state index in [1.807, 2.05) is 0 Å². The van der Waals surface area contributed by atoms with Crippen LogP contribution in [0, 0.1) is 12.0 Å². The molecule has 1 heterocycles. The molecule has 0 spiro atoms. The van der Waals surface area contributed by atoms with E-state index in [1.165, 1.54) is 37.0 Å². The highest BCUT2D eigenvalue weighted by Gasteiger charge is 2.33. The van der Waals surface area contributed by atoms with Gasteiger partial charge < -0.3 is 4.90 Å². The Kier molecular flexibility index (Phi) is 4.16. The first kappa shape index (κ1) is 13.7. The number of rotatable bonds is 5. The van der Waals surface area contributed by atoms with Crippen LogP contribution in [-0.2, 0) is 0 Å². The van der Waals surface area contributed by atoms with Gasteiger partial charge in [0.2, 0.25) is 0 Å². The van der Waals surface area contributed by atoms with Crippen LogP contribution in [0.15, 0.2) is 16.8 Å².